The van der Waals surface area contributed by atoms with Gasteiger partial charge < -0.3 is 10.5 Å². The van der Waals surface area contributed by atoms with Crippen LogP contribution in [-0.2, 0) is 19.6 Å². The molecule has 0 radical (unpaired) electrons. The quantitative estimate of drug-likeness (QED) is 0.650. The summed E-state index contributed by atoms with van der Waals surface area (Å²) >= 11 is 0. The molecule has 0 saturated carbocycles. The summed E-state index contributed by atoms with van der Waals surface area (Å²) in [6.45, 7) is 7.14. The van der Waals surface area contributed by atoms with Crippen molar-refractivity contribution in [2.45, 2.75) is 44.9 Å². The standard InChI is InChI=1S/C11H24N2O4S/c1-8(2)6-11(4,7-12)13-18(15,16)9(3)10(14)17-5/h8-9,13H,6-7,12H2,1-5H3. The van der Waals surface area contributed by atoms with E-state index in [2.05, 4.69) is 9.46 Å². The number of carbonyl (C=O) groups is 1. The van der Waals surface area contributed by atoms with Gasteiger partial charge in [-0.15, -0.1) is 0 Å². The normalized spacial score (nSPS) is 17.3. The summed E-state index contributed by atoms with van der Waals surface area (Å²) in [6.07, 6.45) is 0.594. The van der Waals surface area contributed by atoms with Crippen molar-refractivity contribution in [3.8, 4) is 0 Å². The number of sulfonamides is 1. The Kier molecular flexibility index (Phi) is 6.25. The smallest absolute Gasteiger partial charge is 0.325 e. The number of hydrogen-bond donors (Lipinski definition) is 2. The van der Waals surface area contributed by atoms with Crippen molar-refractivity contribution in [2.24, 2.45) is 11.7 Å². The second-order valence-corrected chi connectivity index (χ2v) is 7.18. The molecule has 108 valence electrons. The number of nitrogens with one attached hydrogen (secondary N) is 1. The average molecular weight is 280 g/mol. The Morgan fingerprint density at radius 1 is 1.39 bits per heavy atom. The highest BCUT2D eigenvalue weighted by atomic mass is 32.2. The van der Waals surface area contributed by atoms with Crippen molar-refractivity contribution in [1.82, 2.24) is 4.72 Å². The van der Waals surface area contributed by atoms with Crippen LogP contribution in [0.5, 0.6) is 0 Å². The van der Waals surface area contributed by atoms with Crippen LogP contribution in [0.4, 0.5) is 0 Å². The molecule has 0 aliphatic rings. The van der Waals surface area contributed by atoms with E-state index >= 15 is 0 Å². The predicted octanol–water partition coefficient (Wildman–Crippen LogP) is 0.231. The molecule has 0 bridgehead atoms. The second kappa shape index (κ2) is 6.49. The Morgan fingerprint density at radius 2 is 1.89 bits per heavy atom. The van der Waals surface area contributed by atoms with Crippen LogP contribution >= 0.6 is 0 Å². The molecule has 0 spiro atoms. The lowest BCUT2D eigenvalue weighted by Gasteiger charge is -2.31. The maximum atomic E-state index is 12.0. The highest BCUT2D eigenvalue weighted by molar-refractivity contribution is 7.90. The number of nitrogens with two attached hydrogens (primary N) is 1. The molecule has 0 aromatic heterocycles. The molecule has 2 atom stereocenters. The third-order valence-electron chi connectivity index (χ3n) is 2.70. The lowest BCUT2D eigenvalue weighted by molar-refractivity contribution is -0.139. The summed E-state index contributed by atoms with van der Waals surface area (Å²) in [7, 11) is -2.63. The third kappa shape index (κ3) is 4.91. The van der Waals surface area contributed by atoms with Crippen LogP contribution < -0.4 is 10.5 Å². The van der Waals surface area contributed by atoms with Gasteiger partial charge in [-0.2, -0.15) is 0 Å². The zero-order valence-corrected chi connectivity index (χ0v) is 12.5. The molecule has 6 nitrogen and oxygen atoms in total. The molecule has 0 aliphatic heterocycles. The Morgan fingerprint density at radius 3 is 2.22 bits per heavy atom. The lowest BCUT2D eigenvalue weighted by atomic mass is 9.92. The van der Waals surface area contributed by atoms with E-state index in [1.807, 2.05) is 13.8 Å². The molecule has 18 heavy (non-hydrogen) atoms. The zero-order valence-electron chi connectivity index (χ0n) is 11.7. The molecule has 0 saturated heterocycles. The van der Waals surface area contributed by atoms with Crippen LogP contribution in [0.2, 0.25) is 0 Å². The first kappa shape index (κ1) is 17.3. The van der Waals surface area contributed by atoms with E-state index in [1.165, 1.54) is 6.92 Å². The van der Waals surface area contributed by atoms with E-state index in [0.717, 1.165) is 7.11 Å². The van der Waals surface area contributed by atoms with Gasteiger partial charge in [0.05, 0.1) is 7.11 Å². The number of ether oxygens (including phenoxy) is 1. The molecule has 0 amide bonds. The number of rotatable bonds is 7. The van der Waals surface area contributed by atoms with Gasteiger partial charge in [-0.1, -0.05) is 13.8 Å². The fraction of sp³-hybridized carbons (Fsp3) is 0.909. The lowest BCUT2D eigenvalue weighted by Crippen LogP contribution is -2.55. The molecule has 2 unspecified atom stereocenters. The van der Waals surface area contributed by atoms with E-state index in [-0.39, 0.29) is 12.5 Å². The van der Waals surface area contributed by atoms with Gasteiger partial charge in [0.25, 0.3) is 0 Å². The monoisotopic (exact) mass is 280 g/mol. The Hall–Kier alpha value is -0.660. The van der Waals surface area contributed by atoms with Gasteiger partial charge in [0.1, 0.15) is 0 Å². The third-order valence-corrected chi connectivity index (χ3v) is 4.60. The van der Waals surface area contributed by atoms with Gasteiger partial charge >= 0.3 is 5.97 Å². The molecule has 0 aromatic rings. The van der Waals surface area contributed by atoms with Gasteiger partial charge in [0.15, 0.2) is 5.25 Å². The molecule has 3 N–H and O–H groups in total. The van der Waals surface area contributed by atoms with Crippen molar-refractivity contribution in [3.05, 3.63) is 0 Å². The van der Waals surface area contributed by atoms with Crippen LogP contribution in [0.1, 0.15) is 34.1 Å². The van der Waals surface area contributed by atoms with Gasteiger partial charge in [-0.3, -0.25) is 4.79 Å². The summed E-state index contributed by atoms with van der Waals surface area (Å²) in [6, 6.07) is 0. The summed E-state index contributed by atoms with van der Waals surface area (Å²) in [5.74, 6) is -0.499. The van der Waals surface area contributed by atoms with Gasteiger partial charge in [-0.05, 0) is 26.2 Å². The number of esters is 1. The number of hydrogen-bond acceptors (Lipinski definition) is 5. The maximum Gasteiger partial charge on any atom is 0.325 e. The molecule has 0 aromatic carbocycles. The Labute approximate surface area is 109 Å². The Balaban J connectivity index is 4.99. The van der Waals surface area contributed by atoms with Gasteiger partial charge in [-0.25, -0.2) is 13.1 Å². The molecule has 0 aliphatic carbocycles. The minimum Gasteiger partial charge on any atom is -0.468 e. The average Bonchev–Trinajstić information content (AvgIpc) is 2.25. The van der Waals surface area contributed by atoms with Crippen molar-refractivity contribution >= 4 is 16.0 Å². The summed E-state index contributed by atoms with van der Waals surface area (Å²) in [5, 5.41) is -1.25. The second-order valence-electron chi connectivity index (χ2n) is 5.18. The van der Waals surface area contributed by atoms with Crippen LogP contribution in [0, 0.1) is 5.92 Å². The van der Waals surface area contributed by atoms with Gasteiger partial charge in [0.2, 0.25) is 10.0 Å². The van der Waals surface area contributed by atoms with E-state index in [1.54, 1.807) is 6.92 Å². The number of carbonyl (C=O) groups excluding carboxylic acids is 1. The Bertz CT molecular complexity index is 381. The number of methoxy groups -OCH3 is 1. The highest BCUT2D eigenvalue weighted by Crippen LogP contribution is 2.18. The predicted molar refractivity (Wildman–Crippen MR) is 70.4 cm³/mol. The zero-order chi connectivity index (χ0) is 14.6. The van der Waals surface area contributed by atoms with Crippen LogP contribution in [0.25, 0.3) is 0 Å². The van der Waals surface area contributed by atoms with E-state index in [9.17, 15) is 13.2 Å². The molecule has 7 heteroatoms. The molecule has 0 heterocycles. The van der Waals surface area contributed by atoms with Crippen LogP contribution in [0.3, 0.4) is 0 Å². The summed E-state index contributed by atoms with van der Waals surface area (Å²) in [5.41, 5.74) is 4.87. The molecule has 0 rings (SSSR count). The van der Waals surface area contributed by atoms with Crippen LogP contribution in [-0.4, -0.2) is 38.8 Å². The largest absolute Gasteiger partial charge is 0.468 e. The fourth-order valence-electron chi connectivity index (χ4n) is 1.79. The topological polar surface area (TPSA) is 98.5 Å². The van der Waals surface area contributed by atoms with Crippen molar-refractivity contribution < 1.29 is 17.9 Å². The first-order valence-corrected chi connectivity index (χ1v) is 7.43. The van der Waals surface area contributed by atoms with Crippen molar-refractivity contribution in [1.29, 1.82) is 0 Å². The summed E-state index contributed by atoms with van der Waals surface area (Å²) in [4.78, 5) is 11.3. The van der Waals surface area contributed by atoms with E-state index in [0.29, 0.717) is 6.42 Å². The van der Waals surface area contributed by atoms with E-state index in [4.69, 9.17) is 5.73 Å². The summed E-state index contributed by atoms with van der Waals surface area (Å²) < 4.78 is 31.0. The molecular weight excluding hydrogens is 256 g/mol. The van der Waals surface area contributed by atoms with Crippen molar-refractivity contribution in [3.63, 3.8) is 0 Å². The highest BCUT2D eigenvalue weighted by Gasteiger charge is 2.35. The van der Waals surface area contributed by atoms with Crippen molar-refractivity contribution in [2.75, 3.05) is 13.7 Å². The minimum absolute atomic E-state index is 0.165. The minimum atomic E-state index is -3.79. The van der Waals surface area contributed by atoms with E-state index < -0.39 is 26.8 Å². The first-order valence-electron chi connectivity index (χ1n) is 5.88. The molecular formula is C11H24N2O4S. The molecule has 0 fully saturated rings. The van der Waals surface area contributed by atoms with Gasteiger partial charge in [0, 0.05) is 12.1 Å². The van der Waals surface area contributed by atoms with Crippen LogP contribution in [0.15, 0.2) is 0 Å². The SMILES string of the molecule is COC(=O)C(C)S(=O)(=O)NC(C)(CN)CC(C)C. The fourth-order valence-corrected chi connectivity index (χ4v) is 3.17. The first-order chi connectivity index (χ1) is 8.08. The maximum absolute atomic E-state index is 12.0.